The van der Waals surface area contributed by atoms with Crippen LogP contribution in [0.3, 0.4) is 0 Å². The molecule has 0 bridgehead atoms. The van der Waals surface area contributed by atoms with Crippen LogP contribution in [0.25, 0.3) is 0 Å². The summed E-state index contributed by atoms with van der Waals surface area (Å²) in [7, 11) is 0. The Morgan fingerprint density at radius 1 is 1.04 bits per heavy atom. The highest BCUT2D eigenvalue weighted by atomic mass is 35.5. The van der Waals surface area contributed by atoms with E-state index in [1.54, 1.807) is 36.4 Å². The Morgan fingerprint density at radius 3 is 2.20 bits per heavy atom. The van der Waals surface area contributed by atoms with Gasteiger partial charge in [0.1, 0.15) is 0 Å². The molecule has 0 aliphatic heterocycles. The van der Waals surface area contributed by atoms with E-state index in [0.717, 1.165) is 5.56 Å². The Kier molecular flexibility index (Phi) is 5.85. The van der Waals surface area contributed by atoms with Gasteiger partial charge >= 0.3 is 5.97 Å². The van der Waals surface area contributed by atoms with Crippen molar-refractivity contribution < 1.29 is 14.3 Å². The number of ether oxygens (including phenoxy) is 1. The maximum absolute atomic E-state index is 12.2. The standard InChI is InChI=1S/C20H22ClNO3/c1-13(18(23)22-17-8-6-5-7-16(17)21)25-19(24)14-9-11-15(12-10-14)20(2,3)4/h5-13H,1-4H3,(H,22,23). The number of carbonyl (C=O) groups is 2. The SMILES string of the molecule is CC(OC(=O)c1ccc(C(C)(C)C)cc1)C(=O)Nc1ccccc1Cl. The van der Waals surface area contributed by atoms with Gasteiger partial charge in [0, 0.05) is 0 Å². The van der Waals surface area contributed by atoms with Crippen LogP contribution < -0.4 is 5.32 Å². The first-order chi connectivity index (χ1) is 11.7. The summed E-state index contributed by atoms with van der Waals surface area (Å²) in [6.45, 7) is 7.82. The lowest BCUT2D eigenvalue weighted by Crippen LogP contribution is -2.30. The number of esters is 1. The molecule has 25 heavy (non-hydrogen) atoms. The fourth-order valence-electron chi connectivity index (χ4n) is 2.19. The van der Waals surface area contributed by atoms with E-state index in [-0.39, 0.29) is 5.41 Å². The maximum atomic E-state index is 12.2. The second-order valence-corrected chi connectivity index (χ2v) is 7.25. The van der Waals surface area contributed by atoms with Crippen molar-refractivity contribution in [3.8, 4) is 0 Å². The minimum atomic E-state index is -0.939. The van der Waals surface area contributed by atoms with Gasteiger partial charge in [-0.05, 0) is 42.2 Å². The summed E-state index contributed by atoms with van der Waals surface area (Å²) in [6.07, 6.45) is -0.939. The molecule has 0 heterocycles. The summed E-state index contributed by atoms with van der Waals surface area (Å²) in [4.78, 5) is 24.4. The smallest absolute Gasteiger partial charge is 0.338 e. The molecule has 0 fully saturated rings. The minimum Gasteiger partial charge on any atom is -0.449 e. The summed E-state index contributed by atoms with van der Waals surface area (Å²) in [5, 5.41) is 3.07. The molecule has 1 N–H and O–H groups in total. The third-order valence-corrected chi connectivity index (χ3v) is 4.10. The summed E-state index contributed by atoms with van der Waals surface area (Å²) in [6, 6.07) is 14.1. The van der Waals surface area contributed by atoms with Gasteiger partial charge in [-0.1, -0.05) is 56.6 Å². The molecule has 0 radical (unpaired) electrons. The Morgan fingerprint density at radius 2 is 1.64 bits per heavy atom. The number of benzene rings is 2. The van der Waals surface area contributed by atoms with Crippen LogP contribution in [0, 0.1) is 0 Å². The van der Waals surface area contributed by atoms with E-state index in [2.05, 4.69) is 26.1 Å². The molecule has 1 amide bonds. The third kappa shape index (κ3) is 5.07. The molecule has 0 saturated carbocycles. The van der Waals surface area contributed by atoms with E-state index in [1.807, 2.05) is 12.1 Å². The fourth-order valence-corrected chi connectivity index (χ4v) is 2.37. The van der Waals surface area contributed by atoms with E-state index in [0.29, 0.717) is 16.3 Å². The molecule has 4 nitrogen and oxygen atoms in total. The number of hydrogen-bond donors (Lipinski definition) is 1. The van der Waals surface area contributed by atoms with Crippen molar-refractivity contribution in [1.82, 2.24) is 0 Å². The topological polar surface area (TPSA) is 55.4 Å². The van der Waals surface area contributed by atoms with Crippen LogP contribution >= 0.6 is 11.6 Å². The van der Waals surface area contributed by atoms with Crippen LogP contribution in [0.2, 0.25) is 5.02 Å². The number of para-hydroxylation sites is 1. The van der Waals surface area contributed by atoms with Crippen molar-refractivity contribution >= 4 is 29.2 Å². The van der Waals surface area contributed by atoms with Gasteiger partial charge in [0.2, 0.25) is 0 Å². The van der Waals surface area contributed by atoms with Gasteiger partial charge in [0.05, 0.1) is 16.3 Å². The normalized spacial score (nSPS) is 12.4. The van der Waals surface area contributed by atoms with Crippen LogP contribution in [0.4, 0.5) is 5.69 Å². The van der Waals surface area contributed by atoms with Crippen molar-refractivity contribution in [3.05, 3.63) is 64.7 Å². The van der Waals surface area contributed by atoms with Crippen molar-refractivity contribution in [3.63, 3.8) is 0 Å². The van der Waals surface area contributed by atoms with Gasteiger partial charge in [-0.2, -0.15) is 0 Å². The molecule has 0 spiro atoms. The molecule has 0 aliphatic rings. The van der Waals surface area contributed by atoms with E-state index >= 15 is 0 Å². The lowest BCUT2D eigenvalue weighted by atomic mass is 9.87. The molecule has 0 aliphatic carbocycles. The van der Waals surface area contributed by atoms with Gasteiger partial charge in [0.15, 0.2) is 6.10 Å². The molecule has 2 rings (SSSR count). The minimum absolute atomic E-state index is 0.00453. The molecule has 132 valence electrons. The molecule has 0 saturated heterocycles. The summed E-state index contributed by atoms with van der Waals surface area (Å²) in [5.41, 5.74) is 2.01. The predicted octanol–water partition coefficient (Wildman–Crippen LogP) is 4.82. The first kappa shape index (κ1) is 19.0. The number of hydrogen-bond acceptors (Lipinski definition) is 3. The van der Waals surface area contributed by atoms with Crippen LogP contribution in [0.5, 0.6) is 0 Å². The van der Waals surface area contributed by atoms with Crippen molar-refractivity contribution in [2.45, 2.75) is 39.2 Å². The number of nitrogens with one attached hydrogen (secondary N) is 1. The molecule has 1 atom stereocenters. The summed E-state index contributed by atoms with van der Waals surface area (Å²) in [5.74, 6) is -0.977. The zero-order valence-corrected chi connectivity index (χ0v) is 15.6. The van der Waals surface area contributed by atoms with E-state index in [1.165, 1.54) is 6.92 Å². The van der Waals surface area contributed by atoms with Crippen LogP contribution in [-0.2, 0) is 14.9 Å². The molecular weight excluding hydrogens is 338 g/mol. The second kappa shape index (κ2) is 7.70. The quantitative estimate of drug-likeness (QED) is 0.796. The highest BCUT2D eigenvalue weighted by Crippen LogP contribution is 2.23. The lowest BCUT2D eigenvalue weighted by molar-refractivity contribution is -0.123. The van der Waals surface area contributed by atoms with E-state index in [4.69, 9.17) is 16.3 Å². The third-order valence-electron chi connectivity index (χ3n) is 3.77. The monoisotopic (exact) mass is 359 g/mol. The first-order valence-electron chi connectivity index (χ1n) is 8.05. The Balaban J connectivity index is 1.99. The Hall–Kier alpha value is -2.33. The number of carbonyl (C=O) groups excluding carboxylic acids is 2. The zero-order chi connectivity index (χ0) is 18.6. The summed E-state index contributed by atoms with van der Waals surface area (Å²) < 4.78 is 5.24. The predicted molar refractivity (Wildman–Crippen MR) is 100 cm³/mol. The fraction of sp³-hybridized carbons (Fsp3) is 0.300. The highest BCUT2D eigenvalue weighted by Gasteiger charge is 2.20. The van der Waals surface area contributed by atoms with Crippen molar-refractivity contribution in [2.24, 2.45) is 0 Å². The zero-order valence-electron chi connectivity index (χ0n) is 14.8. The van der Waals surface area contributed by atoms with Crippen LogP contribution in [0.15, 0.2) is 48.5 Å². The van der Waals surface area contributed by atoms with Gasteiger partial charge in [-0.25, -0.2) is 4.79 Å². The summed E-state index contributed by atoms with van der Waals surface area (Å²) >= 11 is 6.00. The second-order valence-electron chi connectivity index (χ2n) is 6.84. The lowest BCUT2D eigenvalue weighted by Gasteiger charge is -2.19. The number of anilines is 1. The molecule has 2 aromatic carbocycles. The number of rotatable bonds is 4. The van der Waals surface area contributed by atoms with E-state index < -0.39 is 18.0 Å². The Labute approximate surface area is 153 Å². The van der Waals surface area contributed by atoms with E-state index in [9.17, 15) is 9.59 Å². The highest BCUT2D eigenvalue weighted by molar-refractivity contribution is 6.33. The van der Waals surface area contributed by atoms with Gasteiger partial charge in [-0.15, -0.1) is 0 Å². The largest absolute Gasteiger partial charge is 0.449 e. The first-order valence-corrected chi connectivity index (χ1v) is 8.43. The number of amides is 1. The average molecular weight is 360 g/mol. The van der Waals surface area contributed by atoms with Gasteiger partial charge < -0.3 is 10.1 Å². The van der Waals surface area contributed by atoms with Crippen molar-refractivity contribution in [1.29, 1.82) is 0 Å². The molecular formula is C20H22ClNO3. The van der Waals surface area contributed by atoms with Gasteiger partial charge in [-0.3, -0.25) is 4.79 Å². The van der Waals surface area contributed by atoms with Crippen LogP contribution in [0.1, 0.15) is 43.6 Å². The number of halogens is 1. The average Bonchev–Trinajstić information content (AvgIpc) is 2.56. The van der Waals surface area contributed by atoms with Gasteiger partial charge in [0.25, 0.3) is 5.91 Å². The van der Waals surface area contributed by atoms with Crippen molar-refractivity contribution in [2.75, 3.05) is 5.32 Å². The molecule has 2 aromatic rings. The molecule has 5 heteroatoms. The Bertz CT molecular complexity index is 763. The maximum Gasteiger partial charge on any atom is 0.338 e. The molecule has 0 aromatic heterocycles. The molecule has 1 unspecified atom stereocenters. The van der Waals surface area contributed by atoms with Crippen LogP contribution in [-0.4, -0.2) is 18.0 Å².